The van der Waals surface area contributed by atoms with Crippen LogP contribution in [0.15, 0.2) is 12.7 Å². The average molecular weight is 172 g/mol. The molecule has 0 aliphatic rings. The van der Waals surface area contributed by atoms with Crippen molar-refractivity contribution in [2.24, 2.45) is 0 Å². The molecule has 0 rings (SSSR count). The van der Waals surface area contributed by atoms with Crippen molar-refractivity contribution in [1.29, 1.82) is 0 Å². The van der Waals surface area contributed by atoms with E-state index in [1.54, 1.807) is 0 Å². The molecule has 0 amide bonds. The second kappa shape index (κ2) is 6.85. The SMILES string of the molecule is C=CC(O)C(=O)OCCCCC. The highest BCUT2D eigenvalue weighted by Crippen LogP contribution is 1.96. The number of hydrogen-bond acceptors (Lipinski definition) is 3. The Labute approximate surface area is 73.0 Å². The van der Waals surface area contributed by atoms with Crippen LogP contribution in [0.2, 0.25) is 0 Å². The van der Waals surface area contributed by atoms with Crippen molar-refractivity contribution in [3.63, 3.8) is 0 Å². The lowest BCUT2D eigenvalue weighted by Gasteiger charge is -2.05. The minimum atomic E-state index is -1.17. The monoisotopic (exact) mass is 172 g/mol. The molecule has 0 saturated heterocycles. The van der Waals surface area contributed by atoms with Gasteiger partial charge in [-0.25, -0.2) is 4.79 Å². The number of carbonyl (C=O) groups excluding carboxylic acids is 1. The fourth-order valence-electron chi connectivity index (χ4n) is 0.706. The van der Waals surface area contributed by atoms with Gasteiger partial charge < -0.3 is 9.84 Å². The summed E-state index contributed by atoms with van der Waals surface area (Å²) in [6, 6.07) is 0. The zero-order valence-electron chi connectivity index (χ0n) is 7.45. The molecule has 1 atom stereocenters. The maximum atomic E-state index is 10.8. The highest BCUT2D eigenvalue weighted by molar-refractivity contribution is 5.76. The van der Waals surface area contributed by atoms with Crippen molar-refractivity contribution in [3.05, 3.63) is 12.7 Å². The number of hydrogen-bond donors (Lipinski definition) is 1. The number of unbranched alkanes of at least 4 members (excludes halogenated alkanes) is 2. The molecule has 0 bridgehead atoms. The topological polar surface area (TPSA) is 46.5 Å². The van der Waals surface area contributed by atoms with Crippen LogP contribution in [0.1, 0.15) is 26.2 Å². The third-order valence-corrected chi connectivity index (χ3v) is 1.46. The van der Waals surface area contributed by atoms with Crippen molar-refractivity contribution < 1.29 is 14.6 Å². The standard InChI is InChI=1S/C9H16O3/c1-3-5-6-7-12-9(11)8(10)4-2/h4,8,10H,2-3,5-7H2,1H3. The van der Waals surface area contributed by atoms with E-state index < -0.39 is 12.1 Å². The average Bonchev–Trinajstić information content (AvgIpc) is 2.10. The molecule has 0 aromatic carbocycles. The Balaban J connectivity index is 3.37. The first kappa shape index (κ1) is 11.2. The Morgan fingerprint density at radius 3 is 2.83 bits per heavy atom. The number of aliphatic hydroxyl groups is 1. The number of ether oxygens (including phenoxy) is 1. The maximum Gasteiger partial charge on any atom is 0.338 e. The molecule has 0 aliphatic heterocycles. The first-order valence-corrected chi connectivity index (χ1v) is 4.19. The van der Waals surface area contributed by atoms with Gasteiger partial charge in [0.2, 0.25) is 0 Å². The smallest absolute Gasteiger partial charge is 0.338 e. The number of aliphatic hydroxyl groups excluding tert-OH is 1. The van der Waals surface area contributed by atoms with E-state index in [1.807, 2.05) is 0 Å². The zero-order valence-corrected chi connectivity index (χ0v) is 7.45. The number of esters is 1. The highest BCUT2D eigenvalue weighted by atomic mass is 16.5. The van der Waals surface area contributed by atoms with E-state index in [0.29, 0.717) is 6.61 Å². The normalized spacial score (nSPS) is 12.2. The molecule has 12 heavy (non-hydrogen) atoms. The van der Waals surface area contributed by atoms with Crippen molar-refractivity contribution in [1.82, 2.24) is 0 Å². The molecule has 3 nitrogen and oxygen atoms in total. The summed E-state index contributed by atoms with van der Waals surface area (Å²) in [6.45, 7) is 5.73. The minimum absolute atomic E-state index is 0.386. The van der Waals surface area contributed by atoms with Gasteiger partial charge in [0, 0.05) is 0 Å². The molecule has 0 aromatic heterocycles. The highest BCUT2D eigenvalue weighted by Gasteiger charge is 2.10. The van der Waals surface area contributed by atoms with E-state index in [0.717, 1.165) is 25.3 Å². The third kappa shape index (κ3) is 4.91. The molecule has 0 spiro atoms. The van der Waals surface area contributed by atoms with E-state index >= 15 is 0 Å². The van der Waals surface area contributed by atoms with E-state index in [1.165, 1.54) is 0 Å². The van der Waals surface area contributed by atoms with Crippen molar-refractivity contribution in [3.8, 4) is 0 Å². The van der Waals surface area contributed by atoms with E-state index in [4.69, 9.17) is 9.84 Å². The Hall–Kier alpha value is -0.830. The van der Waals surface area contributed by atoms with Gasteiger partial charge in [-0.05, 0) is 6.42 Å². The second-order valence-electron chi connectivity index (χ2n) is 2.56. The van der Waals surface area contributed by atoms with Gasteiger partial charge in [0.15, 0.2) is 6.10 Å². The van der Waals surface area contributed by atoms with Crippen LogP contribution >= 0.6 is 0 Å². The zero-order chi connectivity index (χ0) is 9.40. The number of carbonyl (C=O) groups is 1. The second-order valence-corrected chi connectivity index (χ2v) is 2.56. The van der Waals surface area contributed by atoms with Gasteiger partial charge in [0.1, 0.15) is 0 Å². The predicted molar refractivity (Wildman–Crippen MR) is 46.7 cm³/mol. The summed E-state index contributed by atoms with van der Waals surface area (Å²) >= 11 is 0. The van der Waals surface area contributed by atoms with Crippen LogP contribution in [0.4, 0.5) is 0 Å². The van der Waals surface area contributed by atoms with E-state index in [9.17, 15) is 4.79 Å². The Kier molecular flexibility index (Phi) is 6.38. The van der Waals surface area contributed by atoms with E-state index in [-0.39, 0.29) is 0 Å². The summed E-state index contributed by atoms with van der Waals surface area (Å²) in [6.07, 6.45) is 2.96. The molecule has 3 heteroatoms. The molecule has 1 unspecified atom stereocenters. The fourth-order valence-corrected chi connectivity index (χ4v) is 0.706. The maximum absolute atomic E-state index is 10.8. The summed E-state index contributed by atoms with van der Waals surface area (Å²) < 4.78 is 4.74. The largest absolute Gasteiger partial charge is 0.464 e. The van der Waals surface area contributed by atoms with Crippen LogP contribution in [0.5, 0.6) is 0 Å². The lowest BCUT2D eigenvalue weighted by atomic mass is 10.3. The van der Waals surface area contributed by atoms with Gasteiger partial charge in [-0.15, -0.1) is 0 Å². The fraction of sp³-hybridized carbons (Fsp3) is 0.667. The van der Waals surface area contributed by atoms with Crippen LogP contribution in [-0.4, -0.2) is 23.8 Å². The Morgan fingerprint density at radius 2 is 2.33 bits per heavy atom. The van der Waals surface area contributed by atoms with Gasteiger partial charge in [-0.3, -0.25) is 0 Å². The third-order valence-electron chi connectivity index (χ3n) is 1.46. The quantitative estimate of drug-likeness (QED) is 0.373. The lowest BCUT2D eigenvalue weighted by molar-refractivity contribution is -0.151. The minimum Gasteiger partial charge on any atom is -0.464 e. The lowest BCUT2D eigenvalue weighted by Crippen LogP contribution is -2.20. The van der Waals surface area contributed by atoms with Crippen molar-refractivity contribution in [2.75, 3.05) is 6.61 Å². The molecule has 0 aromatic rings. The molecule has 0 saturated carbocycles. The first-order valence-electron chi connectivity index (χ1n) is 4.19. The van der Waals surface area contributed by atoms with Gasteiger partial charge in [-0.1, -0.05) is 32.4 Å². The summed E-state index contributed by atoms with van der Waals surface area (Å²) in [5, 5.41) is 8.89. The van der Waals surface area contributed by atoms with Gasteiger partial charge >= 0.3 is 5.97 Å². The van der Waals surface area contributed by atoms with Gasteiger partial charge in [0.25, 0.3) is 0 Å². The van der Waals surface area contributed by atoms with Crippen molar-refractivity contribution in [2.45, 2.75) is 32.3 Å². The van der Waals surface area contributed by atoms with Crippen LogP contribution in [0.3, 0.4) is 0 Å². The first-order chi connectivity index (χ1) is 5.72. The Morgan fingerprint density at radius 1 is 1.67 bits per heavy atom. The summed E-state index contributed by atoms with van der Waals surface area (Å²) in [5.74, 6) is -0.610. The molecule has 0 radical (unpaired) electrons. The van der Waals surface area contributed by atoms with Crippen molar-refractivity contribution >= 4 is 5.97 Å². The molecular formula is C9H16O3. The van der Waals surface area contributed by atoms with Crippen LogP contribution in [0, 0.1) is 0 Å². The van der Waals surface area contributed by atoms with Crippen LogP contribution in [-0.2, 0) is 9.53 Å². The predicted octanol–water partition coefficient (Wildman–Crippen LogP) is 1.27. The van der Waals surface area contributed by atoms with Crippen LogP contribution < -0.4 is 0 Å². The molecule has 70 valence electrons. The van der Waals surface area contributed by atoms with Gasteiger partial charge in [-0.2, -0.15) is 0 Å². The van der Waals surface area contributed by atoms with Gasteiger partial charge in [0.05, 0.1) is 6.61 Å². The number of rotatable bonds is 6. The molecule has 0 heterocycles. The molecule has 1 N–H and O–H groups in total. The summed E-state index contributed by atoms with van der Waals surface area (Å²) in [5.41, 5.74) is 0. The van der Waals surface area contributed by atoms with Crippen LogP contribution in [0.25, 0.3) is 0 Å². The molecule has 0 aliphatic carbocycles. The molecule has 0 fully saturated rings. The Bertz CT molecular complexity index is 143. The summed E-state index contributed by atoms with van der Waals surface area (Å²) in [4.78, 5) is 10.8. The summed E-state index contributed by atoms with van der Waals surface area (Å²) in [7, 11) is 0. The van der Waals surface area contributed by atoms with E-state index in [2.05, 4.69) is 13.5 Å². The molecular weight excluding hydrogens is 156 g/mol.